The minimum Gasteiger partial charge on any atom is -0.399 e. The lowest BCUT2D eigenvalue weighted by atomic mass is 9.78. The standard InChI is InChI=1S/C15H16N2O2/c1-15(2,11-3-7-13(16)8-4-11)12-5-9-14(10-6-12)17(18)19/h3-10H,16H2,1-2H3. The van der Waals surface area contributed by atoms with Gasteiger partial charge in [0.05, 0.1) is 4.92 Å². The maximum absolute atomic E-state index is 10.7. The molecule has 0 heterocycles. The van der Waals surface area contributed by atoms with E-state index in [0.29, 0.717) is 0 Å². The van der Waals surface area contributed by atoms with Crippen LogP contribution in [0.25, 0.3) is 0 Å². The molecule has 2 N–H and O–H groups in total. The normalized spacial score (nSPS) is 11.3. The van der Waals surface area contributed by atoms with Gasteiger partial charge in [0.15, 0.2) is 0 Å². The largest absolute Gasteiger partial charge is 0.399 e. The summed E-state index contributed by atoms with van der Waals surface area (Å²) in [6.45, 7) is 4.17. The minimum atomic E-state index is -0.389. The fourth-order valence-electron chi connectivity index (χ4n) is 2.07. The number of nitrogens with zero attached hydrogens (tertiary/aromatic N) is 1. The molecule has 0 fully saturated rings. The van der Waals surface area contributed by atoms with Gasteiger partial charge in [-0.15, -0.1) is 0 Å². The third kappa shape index (κ3) is 2.57. The molecule has 2 rings (SSSR count). The highest BCUT2D eigenvalue weighted by atomic mass is 16.6. The topological polar surface area (TPSA) is 69.2 Å². The molecule has 4 heteroatoms. The monoisotopic (exact) mass is 256 g/mol. The van der Waals surface area contributed by atoms with Gasteiger partial charge in [-0.2, -0.15) is 0 Å². The zero-order valence-electron chi connectivity index (χ0n) is 11.0. The van der Waals surface area contributed by atoms with Crippen LogP contribution in [0.15, 0.2) is 48.5 Å². The molecular formula is C15H16N2O2. The van der Waals surface area contributed by atoms with Gasteiger partial charge >= 0.3 is 0 Å². The number of nitrogens with two attached hydrogens (primary N) is 1. The van der Waals surface area contributed by atoms with E-state index in [9.17, 15) is 10.1 Å². The van der Waals surface area contributed by atoms with Crippen molar-refractivity contribution >= 4 is 11.4 Å². The van der Waals surface area contributed by atoms with Crippen LogP contribution in [0.1, 0.15) is 25.0 Å². The van der Waals surface area contributed by atoms with Crippen LogP contribution in [0.4, 0.5) is 11.4 Å². The van der Waals surface area contributed by atoms with Crippen molar-refractivity contribution in [2.75, 3.05) is 5.73 Å². The van der Waals surface area contributed by atoms with E-state index in [1.807, 2.05) is 24.3 Å². The van der Waals surface area contributed by atoms with E-state index in [-0.39, 0.29) is 16.0 Å². The Kier molecular flexibility index (Phi) is 3.25. The first kappa shape index (κ1) is 13.1. The summed E-state index contributed by atoms with van der Waals surface area (Å²) in [6.07, 6.45) is 0. The molecule has 0 aliphatic heterocycles. The van der Waals surface area contributed by atoms with Gasteiger partial charge < -0.3 is 5.73 Å². The second kappa shape index (κ2) is 4.72. The molecule has 0 aliphatic carbocycles. The molecule has 0 atom stereocenters. The van der Waals surface area contributed by atoms with Gasteiger partial charge in [-0.25, -0.2) is 0 Å². The lowest BCUT2D eigenvalue weighted by Gasteiger charge is -2.26. The number of nitrogen functional groups attached to an aromatic ring is 1. The Hall–Kier alpha value is -2.36. The summed E-state index contributed by atoms with van der Waals surface area (Å²) in [5.41, 5.74) is 8.45. The van der Waals surface area contributed by atoms with Crippen molar-refractivity contribution in [2.24, 2.45) is 0 Å². The molecule has 0 unspecified atom stereocenters. The zero-order valence-corrected chi connectivity index (χ0v) is 11.0. The smallest absolute Gasteiger partial charge is 0.269 e. The predicted octanol–water partition coefficient (Wildman–Crippen LogP) is 3.50. The number of rotatable bonds is 3. The van der Waals surface area contributed by atoms with Crippen LogP contribution < -0.4 is 5.73 Å². The molecule has 0 bridgehead atoms. The van der Waals surface area contributed by atoms with Gasteiger partial charge in [0.2, 0.25) is 0 Å². The third-order valence-corrected chi connectivity index (χ3v) is 3.43. The van der Waals surface area contributed by atoms with Gasteiger partial charge in [-0.3, -0.25) is 10.1 Å². The minimum absolute atomic E-state index is 0.108. The lowest BCUT2D eigenvalue weighted by Crippen LogP contribution is -2.18. The van der Waals surface area contributed by atoms with Crippen LogP contribution in [0.5, 0.6) is 0 Å². The van der Waals surface area contributed by atoms with Gasteiger partial charge in [0.1, 0.15) is 0 Å². The third-order valence-electron chi connectivity index (χ3n) is 3.43. The lowest BCUT2D eigenvalue weighted by molar-refractivity contribution is -0.384. The molecule has 0 spiro atoms. The quantitative estimate of drug-likeness (QED) is 0.519. The van der Waals surface area contributed by atoms with Gasteiger partial charge in [0, 0.05) is 23.2 Å². The fourth-order valence-corrected chi connectivity index (χ4v) is 2.07. The van der Waals surface area contributed by atoms with E-state index in [1.54, 1.807) is 12.1 Å². The number of nitro groups is 1. The molecule has 2 aromatic carbocycles. The summed E-state index contributed by atoms with van der Waals surface area (Å²) >= 11 is 0. The van der Waals surface area contributed by atoms with Crippen LogP contribution >= 0.6 is 0 Å². The van der Waals surface area contributed by atoms with Crippen molar-refractivity contribution in [1.82, 2.24) is 0 Å². The van der Waals surface area contributed by atoms with E-state index in [4.69, 9.17) is 5.73 Å². The molecule has 0 radical (unpaired) electrons. The Morgan fingerprint density at radius 1 is 0.947 bits per heavy atom. The fraction of sp³-hybridized carbons (Fsp3) is 0.200. The first-order chi connectivity index (χ1) is 8.91. The molecule has 0 amide bonds. The van der Waals surface area contributed by atoms with Crippen LogP contribution in [0.2, 0.25) is 0 Å². The first-order valence-corrected chi connectivity index (χ1v) is 6.02. The van der Waals surface area contributed by atoms with Crippen LogP contribution in [0.3, 0.4) is 0 Å². The summed E-state index contributed by atoms with van der Waals surface area (Å²) in [6, 6.07) is 14.4. The van der Waals surface area contributed by atoms with E-state index in [2.05, 4.69) is 13.8 Å². The number of hydrogen-bond acceptors (Lipinski definition) is 3. The molecule has 2 aromatic rings. The molecule has 0 aromatic heterocycles. The van der Waals surface area contributed by atoms with E-state index >= 15 is 0 Å². The highest BCUT2D eigenvalue weighted by Crippen LogP contribution is 2.32. The summed E-state index contributed by atoms with van der Waals surface area (Å²) in [4.78, 5) is 10.3. The number of anilines is 1. The van der Waals surface area contributed by atoms with Gasteiger partial charge in [0.25, 0.3) is 5.69 Å². The van der Waals surface area contributed by atoms with Crippen molar-refractivity contribution in [2.45, 2.75) is 19.3 Å². The summed E-state index contributed by atoms with van der Waals surface area (Å²) in [7, 11) is 0. The Balaban J connectivity index is 2.38. The van der Waals surface area contributed by atoms with E-state index in [1.165, 1.54) is 12.1 Å². The SMILES string of the molecule is CC(C)(c1ccc(N)cc1)c1ccc([N+](=O)[O-])cc1. The molecule has 4 nitrogen and oxygen atoms in total. The van der Waals surface area contributed by atoms with Crippen LogP contribution in [0, 0.1) is 10.1 Å². The van der Waals surface area contributed by atoms with Crippen LogP contribution in [-0.4, -0.2) is 4.92 Å². The van der Waals surface area contributed by atoms with Crippen LogP contribution in [-0.2, 0) is 5.41 Å². The molecule has 98 valence electrons. The molecule has 19 heavy (non-hydrogen) atoms. The van der Waals surface area contributed by atoms with Crippen molar-refractivity contribution in [1.29, 1.82) is 0 Å². The molecule has 0 saturated heterocycles. The summed E-state index contributed by atoms with van der Waals surface area (Å²) in [5, 5.41) is 10.7. The van der Waals surface area contributed by atoms with Gasteiger partial charge in [-0.1, -0.05) is 38.1 Å². The average molecular weight is 256 g/mol. The Bertz CT molecular complexity index is 587. The number of non-ortho nitro benzene ring substituents is 1. The van der Waals surface area contributed by atoms with Crippen molar-refractivity contribution < 1.29 is 4.92 Å². The van der Waals surface area contributed by atoms with Crippen molar-refractivity contribution in [3.63, 3.8) is 0 Å². The number of nitro benzene ring substituents is 1. The average Bonchev–Trinajstić information content (AvgIpc) is 2.39. The van der Waals surface area contributed by atoms with Crippen molar-refractivity contribution in [3.8, 4) is 0 Å². The Morgan fingerprint density at radius 2 is 1.37 bits per heavy atom. The van der Waals surface area contributed by atoms with E-state index < -0.39 is 0 Å². The second-order valence-electron chi connectivity index (χ2n) is 5.05. The highest BCUT2D eigenvalue weighted by molar-refractivity contribution is 5.46. The maximum Gasteiger partial charge on any atom is 0.269 e. The van der Waals surface area contributed by atoms with Gasteiger partial charge in [-0.05, 0) is 23.3 Å². The summed E-state index contributed by atoms with van der Waals surface area (Å²) in [5.74, 6) is 0. The molecule has 0 saturated carbocycles. The Labute approximate surface area is 112 Å². The molecular weight excluding hydrogens is 240 g/mol. The number of hydrogen-bond donors (Lipinski definition) is 1. The predicted molar refractivity (Wildman–Crippen MR) is 76.1 cm³/mol. The Morgan fingerprint density at radius 3 is 1.79 bits per heavy atom. The first-order valence-electron chi connectivity index (χ1n) is 6.02. The summed E-state index contributed by atoms with van der Waals surface area (Å²) < 4.78 is 0. The second-order valence-corrected chi connectivity index (χ2v) is 5.05. The number of benzene rings is 2. The highest BCUT2D eigenvalue weighted by Gasteiger charge is 2.23. The zero-order chi connectivity index (χ0) is 14.0. The van der Waals surface area contributed by atoms with E-state index in [0.717, 1.165) is 16.8 Å². The van der Waals surface area contributed by atoms with Crippen molar-refractivity contribution in [3.05, 3.63) is 69.8 Å². The molecule has 0 aliphatic rings. The maximum atomic E-state index is 10.7.